The molecule has 0 fully saturated rings. The van der Waals surface area contributed by atoms with E-state index in [2.05, 4.69) is 18.8 Å². The Hall–Kier alpha value is -2.10. The Kier molecular flexibility index (Phi) is 4.23. The van der Waals surface area contributed by atoms with Crippen molar-refractivity contribution < 1.29 is 4.74 Å². The van der Waals surface area contributed by atoms with Gasteiger partial charge in [-0.15, -0.1) is 0 Å². The first-order valence-corrected chi connectivity index (χ1v) is 6.87. The van der Waals surface area contributed by atoms with Crippen molar-refractivity contribution in [2.24, 2.45) is 11.7 Å². The molecule has 4 heteroatoms. The number of hydrogen-bond donors (Lipinski definition) is 2. The van der Waals surface area contributed by atoms with Gasteiger partial charge in [-0.05, 0) is 31.4 Å². The molecule has 4 nitrogen and oxygen atoms in total. The van der Waals surface area contributed by atoms with E-state index in [4.69, 9.17) is 15.9 Å². The second kappa shape index (κ2) is 5.90. The standard InChI is InChI=1S/C16H21N3O/c1-10(2)8-11(3)20-15-12-6-4-5-7-14(12)19-9-13(15)16(17)18/h4-7,9-11H,8H2,1-3H3,(H3,17,18). The minimum atomic E-state index is -0.0185. The Bertz CT molecular complexity index is 622. The van der Waals surface area contributed by atoms with E-state index in [-0.39, 0.29) is 11.9 Å². The molecule has 0 amide bonds. The number of aromatic nitrogens is 1. The monoisotopic (exact) mass is 271 g/mol. The van der Waals surface area contributed by atoms with Crippen LogP contribution < -0.4 is 10.5 Å². The highest BCUT2D eigenvalue weighted by Gasteiger charge is 2.15. The molecule has 0 bridgehead atoms. The zero-order valence-corrected chi connectivity index (χ0v) is 12.2. The van der Waals surface area contributed by atoms with Gasteiger partial charge >= 0.3 is 0 Å². The first-order chi connectivity index (χ1) is 9.49. The smallest absolute Gasteiger partial charge is 0.141 e. The molecule has 1 unspecified atom stereocenters. The van der Waals surface area contributed by atoms with Crippen LogP contribution in [0, 0.1) is 11.3 Å². The normalized spacial score (nSPS) is 12.6. The molecule has 1 atom stereocenters. The van der Waals surface area contributed by atoms with Crippen LogP contribution in [-0.2, 0) is 0 Å². The molecule has 3 N–H and O–H groups in total. The van der Waals surface area contributed by atoms with Gasteiger partial charge < -0.3 is 10.5 Å². The number of nitrogens with zero attached hydrogens (tertiary/aromatic N) is 1. The molecule has 1 aromatic carbocycles. The number of nitrogens with one attached hydrogen (secondary N) is 1. The first-order valence-electron chi connectivity index (χ1n) is 6.87. The van der Waals surface area contributed by atoms with E-state index in [1.54, 1.807) is 6.20 Å². The number of pyridine rings is 1. The Labute approximate surface area is 119 Å². The molecule has 1 heterocycles. The zero-order chi connectivity index (χ0) is 14.7. The average molecular weight is 271 g/mol. The fourth-order valence-corrected chi connectivity index (χ4v) is 2.35. The lowest BCUT2D eigenvalue weighted by molar-refractivity contribution is 0.195. The van der Waals surface area contributed by atoms with Gasteiger partial charge in [0, 0.05) is 11.6 Å². The van der Waals surface area contributed by atoms with Gasteiger partial charge in [0.05, 0.1) is 17.2 Å². The second-order valence-corrected chi connectivity index (χ2v) is 5.49. The molecule has 0 saturated heterocycles. The van der Waals surface area contributed by atoms with Crippen molar-refractivity contribution in [3.63, 3.8) is 0 Å². The molecule has 0 aliphatic carbocycles. The van der Waals surface area contributed by atoms with E-state index in [1.165, 1.54) is 0 Å². The Morgan fingerprint density at radius 2 is 2.00 bits per heavy atom. The number of rotatable bonds is 5. The predicted octanol–water partition coefficient (Wildman–Crippen LogP) is 3.33. The largest absolute Gasteiger partial charge is 0.489 e. The number of ether oxygens (including phenoxy) is 1. The number of fused-ring (bicyclic) bond motifs is 1. The number of nitrogens with two attached hydrogens (primary N) is 1. The molecule has 2 aromatic rings. The van der Waals surface area contributed by atoms with Crippen LogP contribution in [0.4, 0.5) is 0 Å². The Morgan fingerprint density at radius 3 is 2.65 bits per heavy atom. The van der Waals surface area contributed by atoms with Crippen molar-refractivity contribution in [3.8, 4) is 5.75 Å². The van der Waals surface area contributed by atoms with E-state index < -0.39 is 0 Å². The molecular weight excluding hydrogens is 250 g/mol. The lowest BCUT2D eigenvalue weighted by atomic mass is 10.1. The zero-order valence-electron chi connectivity index (χ0n) is 12.2. The molecule has 20 heavy (non-hydrogen) atoms. The van der Waals surface area contributed by atoms with Crippen molar-refractivity contribution in [1.82, 2.24) is 4.98 Å². The van der Waals surface area contributed by atoms with Crippen molar-refractivity contribution in [2.75, 3.05) is 0 Å². The topological polar surface area (TPSA) is 72.0 Å². The third-order valence-corrected chi connectivity index (χ3v) is 3.14. The molecule has 106 valence electrons. The van der Waals surface area contributed by atoms with Gasteiger partial charge in [0.25, 0.3) is 0 Å². The summed E-state index contributed by atoms with van der Waals surface area (Å²) in [4.78, 5) is 4.33. The number of benzene rings is 1. The predicted molar refractivity (Wildman–Crippen MR) is 82.3 cm³/mol. The molecule has 0 aliphatic heterocycles. The number of para-hydroxylation sites is 1. The fourth-order valence-electron chi connectivity index (χ4n) is 2.35. The maximum Gasteiger partial charge on any atom is 0.141 e. The summed E-state index contributed by atoms with van der Waals surface area (Å²) in [6.07, 6.45) is 2.63. The third kappa shape index (κ3) is 3.07. The van der Waals surface area contributed by atoms with Gasteiger partial charge in [-0.1, -0.05) is 26.0 Å². The maximum absolute atomic E-state index is 7.70. The van der Waals surface area contributed by atoms with Crippen LogP contribution in [0.1, 0.15) is 32.8 Å². The molecule has 0 spiro atoms. The van der Waals surface area contributed by atoms with E-state index in [9.17, 15) is 0 Å². The second-order valence-electron chi connectivity index (χ2n) is 5.49. The molecule has 0 saturated carbocycles. The van der Waals surface area contributed by atoms with Crippen molar-refractivity contribution in [1.29, 1.82) is 5.41 Å². The molecule has 0 radical (unpaired) electrons. The summed E-state index contributed by atoms with van der Waals surface area (Å²) in [6.45, 7) is 6.37. The van der Waals surface area contributed by atoms with Crippen LogP contribution in [0.25, 0.3) is 10.9 Å². The fraction of sp³-hybridized carbons (Fsp3) is 0.375. The van der Waals surface area contributed by atoms with Crippen LogP contribution in [0.3, 0.4) is 0 Å². The van der Waals surface area contributed by atoms with Gasteiger partial charge in [0.1, 0.15) is 11.6 Å². The lowest BCUT2D eigenvalue weighted by Gasteiger charge is -2.20. The van der Waals surface area contributed by atoms with Crippen LogP contribution in [0.5, 0.6) is 5.75 Å². The van der Waals surface area contributed by atoms with Crippen LogP contribution in [-0.4, -0.2) is 16.9 Å². The van der Waals surface area contributed by atoms with Gasteiger partial charge in [0.15, 0.2) is 0 Å². The summed E-state index contributed by atoms with van der Waals surface area (Å²) in [6, 6.07) is 7.75. The minimum Gasteiger partial charge on any atom is -0.489 e. The lowest BCUT2D eigenvalue weighted by Crippen LogP contribution is -2.19. The number of nitrogen functional groups attached to an aromatic ring is 1. The van der Waals surface area contributed by atoms with Gasteiger partial charge in [0.2, 0.25) is 0 Å². The summed E-state index contributed by atoms with van der Waals surface area (Å²) in [5.74, 6) is 1.20. The summed E-state index contributed by atoms with van der Waals surface area (Å²) >= 11 is 0. The highest BCUT2D eigenvalue weighted by Crippen LogP contribution is 2.29. The molecule has 2 rings (SSSR count). The van der Waals surface area contributed by atoms with Gasteiger partial charge in [-0.25, -0.2) is 0 Å². The van der Waals surface area contributed by atoms with E-state index in [0.29, 0.717) is 17.2 Å². The summed E-state index contributed by atoms with van der Waals surface area (Å²) in [5, 5.41) is 8.59. The molecule has 1 aromatic heterocycles. The summed E-state index contributed by atoms with van der Waals surface area (Å²) in [7, 11) is 0. The summed E-state index contributed by atoms with van der Waals surface area (Å²) < 4.78 is 6.07. The van der Waals surface area contributed by atoms with E-state index in [1.807, 2.05) is 31.2 Å². The van der Waals surface area contributed by atoms with E-state index in [0.717, 1.165) is 17.3 Å². The van der Waals surface area contributed by atoms with Gasteiger partial charge in [-0.3, -0.25) is 10.4 Å². The van der Waals surface area contributed by atoms with Crippen molar-refractivity contribution in [3.05, 3.63) is 36.0 Å². The average Bonchev–Trinajstić information content (AvgIpc) is 2.37. The number of amidine groups is 1. The highest BCUT2D eigenvalue weighted by atomic mass is 16.5. The quantitative estimate of drug-likeness (QED) is 0.647. The molecule has 0 aliphatic rings. The summed E-state index contributed by atoms with van der Waals surface area (Å²) in [5.41, 5.74) is 7.05. The third-order valence-electron chi connectivity index (χ3n) is 3.14. The first kappa shape index (κ1) is 14.3. The van der Waals surface area contributed by atoms with Crippen LogP contribution >= 0.6 is 0 Å². The minimum absolute atomic E-state index is 0.0185. The van der Waals surface area contributed by atoms with E-state index >= 15 is 0 Å². The maximum atomic E-state index is 7.70. The highest BCUT2D eigenvalue weighted by molar-refractivity contribution is 6.02. The van der Waals surface area contributed by atoms with Gasteiger partial charge in [-0.2, -0.15) is 0 Å². The van der Waals surface area contributed by atoms with Crippen LogP contribution in [0.15, 0.2) is 30.5 Å². The Morgan fingerprint density at radius 1 is 1.30 bits per heavy atom. The van der Waals surface area contributed by atoms with Crippen molar-refractivity contribution >= 4 is 16.7 Å². The van der Waals surface area contributed by atoms with Crippen molar-refractivity contribution in [2.45, 2.75) is 33.3 Å². The van der Waals surface area contributed by atoms with Crippen LogP contribution in [0.2, 0.25) is 0 Å². The Balaban J connectivity index is 2.47. The molecular formula is C16H21N3O. The SMILES string of the molecule is CC(C)CC(C)Oc1c(C(=N)N)cnc2ccccc12. The number of hydrogen-bond acceptors (Lipinski definition) is 3.